The number of hydrogen-bond donors (Lipinski definition) is 0. The molecule has 0 amide bonds. The summed E-state index contributed by atoms with van der Waals surface area (Å²) < 4.78 is 8.91. The maximum atomic E-state index is 6.53. The van der Waals surface area contributed by atoms with Gasteiger partial charge in [-0.05, 0) is 81.1 Å². The molecule has 2 aromatic heterocycles. The van der Waals surface area contributed by atoms with Crippen LogP contribution in [0.25, 0.3) is 82.5 Å². The van der Waals surface area contributed by atoms with E-state index in [1.54, 1.807) is 0 Å². The van der Waals surface area contributed by atoms with Crippen molar-refractivity contribution in [3.63, 3.8) is 0 Å². The third-order valence-corrected chi connectivity index (χ3v) is 9.98. The summed E-state index contributed by atoms with van der Waals surface area (Å²) in [6.07, 6.45) is 0.787. The van der Waals surface area contributed by atoms with Crippen molar-refractivity contribution in [2.75, 3.05) is 0 Å². The van der Waals surface area contributed by atoms with Gasteiger partial charge in [0.25, 0.3) is 0 Å². The molecule has 0 radical (unpaired) electrons. The molecule has 230 valence electrons. The Morgan fingerprint density at radius 1 is 0.429 bits per heavy atom. The van der Waals surface area contributed by atoms with E-state index in [0.29, 0.717) is 0 Å². The summed E-state index contributed by atoms with van der Waals surface area (Å²) in [4.78, 5) is 0. The standard InChI is InChI=1S/C47H31NO/c1-2-19-39-36(13-1)29-37(47-46(39)42-22-5-8-25-45(42)49-47)27-31-12-9-14-32(26-31)33-15-10-16-34(28-33)35-17-11-18-38(30-35)48-43-23-6-3-20-40(43)41-21-4-7-24-44(41)48/h1-26,28-30H,27H2. The molecule has 0 saturated heterocycles. The van der Waals surface area contributed by atoms with Gasteiger partial charge in [0.2, 0.25) is 0 Å². The highest BCUT2D eigenvalue weighted by molar-refractivity contribution is 6.19. The Balaban J connectivity index is 1.03. The van der Waals surface area contributed by atoms with Crippen molar-refractivity contribution < 1.29 is 4.42 Å². The molecule has 10 aromatic rings. The van der Waals surface area contributed by atoms with E-state index in [4.69, 9.17) is 4.42 Å². The highest BCUT2D eigenvalue weighted by Gasteiger charge is 2.16. The molecule has 10 rings (SSSR count). The van der Waals surface area contributed by atoms with E-state index in [-0.39, 0.29) is 0 Å². The Labute approximate surface area is 284 Å². The van der Waals surface area contributed by atoms with Crippen LogP contribution < -0.4 is 0 Å². The number of benzene rings is 8. The summed E-state index contributed by atoms with van der Waals surface area (Å²) in [5.41, 5.74) is 12.8. The van der Waals surface area contributed by atoms with Crippen LogP contribution in [0.2, 0.25) is 0 Å². The van der Waals surface area contributed by atoms with Gasteiger partial charge in [-0.3, -0.25) is 0 Å². The van der Waals surface area contributed by atoms with Gasteiger partial charge >= 0.3 is 0 Å². The van der Waals surface area contributed by atoms with Crippen LogP contribution in [0.15, 0.2) is 180 Å². The molecular weight excluding hydrogens is 595 g/mol. The third-order valence-electron chi connectivity index (χ3n) is 9.98. The summed E-state index contributed by atoms with van der Waals surface area (Å²) in [5, 5.41) is 7.40. The zero-order valence-corrected chi connectivity index (χ0v) is 26.8. The highest BCUT2D eigenvalue weighted by atomic mass is 16.3. The second kappa shape index (κ2) is 11.1. The number of nitrogens with zero attached hydrogens (tertiary/aromatic N) is 1. The molecule has 0 N–H and O–H groups in total. The summed E-state index contributed by atoms with van der Waals surface area (Å²) in [5.74, 6) is 0. The smallest absolute Gasteiger partial charge is 0.139 e. The van der Waals surface area contributed by atoms with Gasteiger partial charge in [0.1, 0.15) is 11.2 Å². The van der Waals surface area contributed by atoms with Crippen molar-refractivity contribution in [1.29, 1.82) is 0 Å². The molecule has 2 heteroatoms. The van der Waals surface area contributed by atoms with E-state index in [9.17, 15) is 0 Å². The summed E-state index contributed by atoms with van der Waals surface area (Å²) in [6, 6.07) is 63.5. The molecule has 0 fully saturated rings. The fraction of sp³-hybridized carbons (Fsp3) is 0.0213. The second-order valence-electron chi connectivity index (χ2n) is 12.9. The first kappa shape index (κ1) is 27.7. The van der Waals surface area contributed by atoms with Gasteiger partial charge in [-0.2, -0.15) is 0 Å². The van der Waals surface area contributed by atoms with Crippen molar-refractivity contribution in [1.82, 2.24) is 4.57 Å². The molecule has 0 aliphatic carbocycles. The van der Waals surface area contributed by atoms with Crippen LogP contribution in [-0.4, -0.2) is 4.57 Å². The van der Waals surface area contributed by atoms with Gasteiger partial charge in [-0.15, -0.1) is 0 Å². The number of fused-ring (bicyclic) bond motifs is 8. The minimum atomic E-state index is 0.787. The Bertz CT molecular complexity index is 2810. The van der Waals surface area contributed by atoms with Crippen molar-refractivity contribution >= 4 is 54.5 Å². The predicted molar refractivity (Wildman–Crippen MR) is 206 cm³/mol. The minimum absolute atomic E-state index is 0.787. The largest absolute Gasteiger partial charge is 0.456 e. The van der Waals surface area contributed by atoms with Gasteiger partial charge in [0, 0.05) is 39.2 Å². The molecule has 49 heavy (non-hydrogen) atoms. The lowest BCUT2D eigenvalue weighted by atomic mass is 9.94. The van der Waals surface area contributed by atoms with E-state index in [2.05, 4.69) is 174 Å². The van der Waals surface area contributed by atoms with Crippen LogP contribution in [-0.2, 0) is 6.42 Å². The van der Waals surface area contributed by atoms with Gasteiger partial charge in [0.15, 0.2) is 0 Å². The lowest BCUT2D eigenvalue weighted by Crippen LogP contribution is -1.94. The van der Waals surface area contributed by atoms with Crippen LogP contribution in [0.4, 0.5) is 0 Å². The SMILES string of the molecule is c1cc(Cc2cc3ccccc3c3c2oc2ccccc23)cc(-c2cccc(-c3cccc(-n4c5ccccc5c5ccccc54)c3)c2)c1. The number of furan rings is 1. The third kappa shape index (κ3) is 4.57. The fourth-order valence-corrected chi connectivity index (χ4v) is 7.76. The first-order chi connectivity index (χ1) is 24.3. The number of aromatic nitrogens is 1. The highest BCUT2D eigenvalue weighted by Crippen LogP contribution is 2.38. The molecule has 2 nitrogen and oxygen atoms in total. The molecule has 0 atom stereocenters. The molecule has 0 aliphatic rings. The van der Waals surface area contributed by atoms with Crippen molar-refractivity contribution in [2.45, 2.75) is 6.42 Å². The lowest BCUT2D eigenvalue weighted by Gasteiger charge is -2.12. The zero-order valence-electron chi connectivity index (χ0n) is 26.8. The summed E-state index contributed by atoms with van der Waals surface area (Å²) >= 11 is 0. The normalized spacial score (nSPS) is 11.8. The Hall–Kier alpha value is -6.38. The molecular formula is C47H31NO. The lowest BCUT2D eigenvalue weighted by molar-refractivity contribution is 0.664. The van der Waals surface area contributed by atoms with E-state index in [1.807, 2.05) is 6.07 Å². The number of rotatable bonds is 5. The Morgan fingerprint density at radius 2 is 1.00 bits per heavy atom. The second-order valence-corrected chi connectivity index (χ2v) is 12.9. The van der Waals surface area contributed by atoms with E-state index < -0.39 is 0 Å². The van der Waals surface area contributed by atoms with E-state index >= 15 is 0 Å². The van der Waals surface area contributed by atoms with Crippen molar-refractivity contribution in [2.24, 2.45) is 0 Å². The molecule has 0 aliphatic heterocycles. The molecule has 0 bridgehead atoms. The summed E-state index contributed by atoms with van der Waals surface area (Å²) in [6.45, 7) is 0. The molecule has 0 spiro atoms. The Morgan fingerprint density at radius 3 is 1.76 bits per heavy atom. The van der Waals surface area contributed by atoms with Gasteiger partial charge in [-0.25, -0.2) is 0 Å². The minimum Gasteiger partial charge on any atom is -0.456 e. The maximum absolute atomic E-state index is 6.53. The topological polar surface area (TPSA) is 18.1 Å². The van der Waals surface area contributed by atoms with Gasteiger partial charge in [-0.1, -0.05) is 133 Å². The molecule has 0 saturated carbocycles. The molecule has 2 heterocycles. The maximum Gasteiger partial charge on any atom is 0.139 e. The quantitative estimate of drug-likeness (QED) is 0.186. The first-order valence-electron chi connectivity index (χ1n) is 16.9. The predicted octanol–water partition coefficient (Wildman–Crippen LogP) is 12.8. The summed E-state index contributed by atoms with van der Waals surface area (Å²) in [7, 11) is 0. The number of hydrogen-bond acceptors (Lipinski definition) is 1. The first-order valence-corrected chi connectivity index (χ1v) is 16.9. The van der Waals surface area contributed by atoms with Crippen molar-refractivity contribution in [3.05, 3.63) is 187 Å². The fourth-order valence-electron chi connectivity index (χ4n) is 7.76. The molecule has 0 unspecified atom stereocenters. The monoisotopic (exact) mass is 625 g/mol. The van der Waals surface area contributed by atoms with E-state index in [1.165, 1.54) is 76.7 Å². The van der Waals surface area contributed by atoms with Crippen LogP contribution in [0.1, 0.15) is 11.1 Å². The van der Waals surface area contributed by atoms with Gasteiger partial charge < -0.3 is 8.98 Å². The Kier molecular flexibility index (Phi) is 6.28. The molecule has 8 aromatic carbocycles. The van der Waals surface area contributed by atoms with Crippen LogP contribution in [0, 0.1) is 0 Å². The van der Waals surface area contributed by atoms with Crippen LogP contribution in [0.5, 0.6) is 0 Å². The number of para-hydroxylation sites is 3. The average molecular weight is 626 g/mol. The van der Waals surface area contributed by atoms with Crippen molar-refractivity contribution in [3.8, 4) is 27.9 Å². The van der Waals surface area contributed by atoms with Crippen LogP contribution >= 0.6 is 0 Å². The van der Waals surface area contributed by atoms with Crippen LogP contribution in [0.3, 0.4) is 0 Å². The van der Waals surface area contributed by atoms with Gasteiger partial charge in [0.05, 0.1) is 11.0 Å². The van der Waals surface area contributed by atoms with E-state index in [0.717, 1.165) is 23.3 Å². The zero-order chi connectivity index (χ0) is 32.3. The average Bonchev–Trinajstić information content (AvgIpc) is 3.72.